The van der Waals surface area contributed by atoms with E-state index in [-0.39, 0.29) is 5.92 Å². The predicted octanol–water partition coefficient (Wildman–Crippen LogP) is 2.78. The number of halogens is 3. The summed E-state index contributed by atoms with van der Waals surface area (Å²) < 4.78 is 66.8. The van der Waals surface area contributed by atoms with Crippen molar-refractivity contribution in [3.63, 3.8) is 0 Å². The molecule has 12 heteroatoms. The van der Waals surface area contributed by atoms with Gasteiger partial charge >= 0.3 is 12.1 Å². The van der Waals surface area contributed by atoms with Gasteiger partial charge in [-0.15, -0.1) is 0 Å². The van der Waals surface area contributed by atoms with Gasteiger partial charge in [0.1, 0.15) is 0 Å². The fraction of sp³-hybridized carbons (Fsp3) is 0.474. The molecule has 0 bridgehead atoms. The minimum Gasteiger partial charge on any atom is -0.475 e. The third-order valence-corrected chi connectivity index (χ3v) is 6.76. The Labute approximate surface area is 178 Å². The number of carboxylic acid groups (broad SMARTS) is 1. The molecule has 1 atom stereocenters. The zero-order valence-corrected chi connectivity index (χ0v) is 18.1. The second-order valence-corrected chi connectivity index (χ2v) is 8.79. The highest BCUT2D eigenvalue weighted by Gasteiger charge is 2.38. The number of hydrogen-bond donors (Lipinski definition) is 1. The number of nitrogens with zero attached hydrogens (tertiary/aromatic N) is 3. The highest BCUT2D eigenvalue weighted by atomic mass is 32.2. The van der Waals surface area contributed by atoms with Crippen LogP contribution in [0.4, 0.5) is 13.2 Å². The van der Waals surface area contributed by atoms with E-state index in [1.165, 1.54) is 0 Å². The van der Waals surface area contributed by atoms with E-state index in [1.807, 2.05) is 36.9 Å². The van der Waals surface area contributed by atoms with Gasteiger partial charge in [0.15, 0.2) is 0 Å². The number of carbonyl (C=O) groups is 1. The molecule has 0 radical (unpaired) electrons. The normalized spacial score (nSPS) is 16.9. The summed E-state index contributed by atoms with van der Waals surface area (Å²) in [6.45, 7) is 5.78. The van der Waals surface area contributed by atoms with E-state index in [9.17, 15) is 21.6 Å². The predicted molar refractivity (Wildman–Crippen MR) is 105 cm³/mol. The molecular weight excluding hydrogens is 439 g/mol. The molecule has 2 heterocycles. The van der Waals surface area contributed by atoms with Crippen LogP contribution in [0.25, 0.3) is 0 Å². The largest absolute Gasteiger partial charge is 0.490 e. The molecule has 0 aliphatic carbocycles. The number of hydrogen-bond acceptors (Lipinski definition) is 5. The summed E-state index contributed by atoms with van der Waals surface area (Å²) in [5.74, 6) is -2.76. The fourth-order valence-corrected chi connectivity index (χ4v) is 4.97. The number of carboxylic acids is 1. The lowest BCUT2D eigenvalue weighted by Crippen LogP contribution is -2.40. The number of aryl methyl sites for hydroxylation is 2. The molecule has 1 aromatic heterocycles. The molecular formula is C19H24F3N3O5S. The molecule has 1 N–H and O–H groups in total. The average molecular weight is 463 g/mol. The lowest BCUT2D eigenvalue weighted by molar-refractivity contribution is -0.192. The molecule has 0 fully saturated rings. The SMILES string of the molecule is CCn1ncc2c1CN(S(=O)(=O)c1ccccc1C)CC2COC.O=C(O)C(F)(F)F. The van der Waals surface area contributed by atoms with Crippen molar-refractivity contribution in [3.8, 4) is 0 Å². The van der Waals surface area contributed by atoms with Crippen molar-refractivity contribution in [2.24, 2.45) is 0 Å². The van der Waals surface area contributed by atoms with Crippen LogP contribution >= 0.6 is 0 Å². The molecule has 0 spiro atoms. The number of fused-ring (bicyclic) bond motifs is 1. The first-order chi connectivity index (χ1) is 14.4. The standard InChI is InChI=1S/C17H23N3O3S.C2HF3O2/c1-4-20-16-11-19(10-14(12-23-3)15(16)9-18-20)24(21,22)17-8-6-5-7-13(17)2;3-2(4,5)1(6)7/h5-9,14H,4,10-12H2,1-3H3;(H,6,7). The number of rotatable bonds is 5. The van der Waals surface area contributed by atoms with Crippen LogP contribution in [0.5, 0.6) is 0 Å². The van der Waals surface area contributed by atoms with Gasteiger partial charge in [-0.25, -0.2) is 13.2 Å². The van der Waals surface area contributed by atoms with Gasteiger partial charge in [0.05, 0.1) is 29.9 Å². The number of ether oxygens (including phenoxy) is 1. The van der Waals surface area contributed by atoms with Crippen molar-refractivity contribution in [2.45, 2.75) is 43.9 Å². The van der Waals surface area contributed by atoms with Gasteiger partial charge in [-0.1, -0.05) is 18.2 Å². The topological polar surface area (TPSA) is 102 Å². The molecule has 0 saturated heterocycles. The number of benzene rings is 1. The summed E-state index contributed by atoms with van der Waals surface area (Å²) in [7, 11) is -1.92. The van der Waals surface area contributed by atoms with E-state index in [1.54, 1.807) is 23.5 Å². The lowest BCUT2D eigenvalue weighted by Gasteiger charge is -2.32. The van der Waals surface area contributed by atoms with Gasteiger partial charge in [0, 0.05) is 31.7 Å². The molecule has 1 aromatic carbocycles. The number of aliphatic carboxylic acids is 1. The minimum absolute atomic E-state index is 0.00200. The molecule has 172 valence electrons. The third-order valence-electron chi connectivity index (χ3n) is 4.79. The maximum Gasteiger partial charge on any atom is 0.490 e. The van der Waals surface area contributed by atoms with E-state index in [0.717, 1.165) is 16.8 Å². The van der Waals surface area contributed by atoms with Crippen molar-refractivity contribution in [1.82, 2.24) is 14.1 Å². The molecule has 0 amide bonds. The average Bonchev–Trinajstić information content (AvgIpc) is 3.11. The van der Waals surface area contributed by atoms with Crippen molar-refractivity contribution < 1.29 is 36.2 Å². The van der Waals surface area contributed by atoms with E-state index >= 15 is 0 Å². The summed E-state index contributed by atoms with van der Waals surface area (Å²) in [5.41, 5.74) is 2.81. The molecule has 0 saturated carbocycles. The molecule has 1 aliphatic rings. The molecule has 3 rings (SSSR count). The highest BCUT2D eigenvalue weighted by Crippen LogP contribution is 2.32. The number of sulfonamides is 1. The maximum absolute atomic E-state index is 13.1. The van der Waals surface area contributed by atoms with Crippen LogP contribution in [-0.4, -0.2) is 60.0 Å². The minimum atomic E-state index is -5.08. The Morgan fingerprint density at radius 3 is 2.45 bits per heavy atom. The first-order valence-corrected chi connectivity index (χ1v) is 10.8. The van der Waals surface area contributed by atoms with Gasteiger partial charge in [0.25, 0.3) is 0 Å². The van der Waals surface area contributed by atoms with E-state index < -0.39 is 22.2 Å². The summed E-state index contributed by atoms with van der Waals surface area (Å²) in [6, 6.07) is 7.11. The number of methoxy groups -OCH3 is 1. The Bertz CT molecular complexity index is 1020. The van der Waals surface area contributed by atoms with E-state index in [4.69, 9.17) is 14.6 Å². The number of alkyl halides is 3. The number of aromatic nitrogens is 2. The van der Waals surface area contributed by atoms with Gasteiger partial charge in [-0.3, -0.25) is 4.68 Å². The van der Waals surface area contributed by atoms with Crippen molar-refractivity contribution in [2.75, 3.05) is 20.3 Å². The first-order valence-electron chi connectivity index (χ1n) is 9.32. The molecule has 31 heavy (non-hydrogen) atoms. The lowest BCUT2D eigenvalue weighted by atomic mass is 9.97. The third kappa shape index (κ3) is 5.63. The zero-order chi connectivity index (χ0) is 23.4. The summed E-state index contributed by atoms with van der Waals surface area (Å²) >= 11 is 0. The summed E-state index contributed by atoms with van der Waals surface area (Å²) in [5, 5.41) is 11.5. The smallest absolute Gasteiger partial charge is 0.475 e. The van der Waals surface area contributed by atoms with Crippen LogP contribution in [-0.2, 0) is 32.6 Å². The van der Waals surface area contributed by atoms with Crippen molar-refractivity contribution in [3.05, 3.63) is 47.3 Å². The van der Waals surface area contributed by atoms with Crippen LogP contribution in [0.15, 0.2) is 35.4 Å². The van der Waals surface area contributed by atoms with Crippen molar-refractivity contribution >= 4 is 16.0 Å². The second kappa shape index (κ2) is 9.79. The van der Waals surface area contributed by atoms with Crippen LogP contribution in [0.1, 0.15) is 29.7 Å². The van der Waals surface area contributed by atoms with Gasteiger partial charge in [0.2, 0.25) is 10.0 Å². The Balaban J connectivity index is 0.000000423. The van der Waals surface area contributed by atoms with E-state index in [2.05, 4.69) is 5.10 Å². The Morgan fingerprint density at radius 2 is 1.94 bits per heavy atom. The molecule has 1 aliphatic heterocycles. The van der Waals surface area contributed by atoms with Crippen LogP contribution in [0.2, 0.25) is 0 Å². The van der Waals surface area contributed by atoms with Gasteiger partial charge in [-0.05, 0) is 25.5 Å². The van der Waals surface area contributed by atoms with Crippen LogP contribution < -0.4 is 0 Å². The second-order valence-electron chi connectivity index (χ2n) is 6.88. The van der Waals surface area contributed by atoms with Crippen LogP contribution in [0, 0.1) is 6.92 Å². The maximum atomic E-state index is 13.1. The summed E-state index contributed by atoms with van der Waals surface area (Å²) in [6.07, 6.45) is -3.24. The monoisotopic (exact) mass is 463 g/mol. The zero-order valence-electron chi connectivity index (χ0n) is 17.3. The Kier molecular flexibility index (Phi) is 7.84. The molecule has 1 unspecified atom stereocenters. The van der Waals surface area contributed by atoms with Gasteiger partial charge in [-0.2, -0.15) is 22.6 Å². The van der Waals surface area contributed by atoms with E-state index in [0.29, 0.717) is 31.1 Å². The Morgan fingerprint density at radius 1 is 1.32 bits per heavy atom. The van der Waals surface area contributed by atoms with Crippen LogP contribution in [0.3, 0.4) is 0 Å². The van der Waals surface area contributed by atoms with Crippen molar-refractivity contribution in [1.29, 1.82) is 0 Å². The first kappa shape index (κ1) is 24.8. The summed E-state index contributed by atoms with van der Waals surface area (Å²) in [4.78, 5) is 9.26. The Hall–Kier alpha value is -2.44. The molecule has 2 aromatic rings. The highest BCUT2D eigenvalue weighted by molar-refractivity contribution is 7.89. The quantitative estimate of drug-likeness (QED) is 0.732. The molecule has 8 nitrogen and oxygen atoms in total. The fourth-order valence-electron chi connectivity index (χ4n) is 3.30. The van der Waals surface area contributed by atoms with Gasteiger partial charge < -0.3 is 9.84 Å².